The Labute approximate surface area is 169 Å². The maximum atomic E-state index is 11.9. The van der Waals surface area contributed by atoms with E-state index in [1.165, 1.54) is 12.6 Å². The summed E-state index contributed by atoms with van der Waals surface area (Å²) >= 11 is 0. The Morgan fingerprint density at radius 1 is 1.24 bits per heavy atom. The summed E-state index contributed by atoms with van der Waals surface area (Å²) in [5.74, 6) is -0.273. The molecule has 0 bridgehead atoms. The number of hydrogen-bond donors (Lipinski definition) is 4. The summed E-state index contributed by atoms with van der Waals surface area (Å²) in [4.78, 5) is 20.4. The Hall–Kier alpha value is -3.29. The maximum absolute atomic E-state index is 11.9. The smallest absolute Gasteiger partial charge is 0.273 e. The van der Waals surface area contributed by atoms with Gasteiger partial charge in [-0.1, -0.05) is 42.5 Å². The molecule has 7 heteroatoms. The fraction of sp³-hybridized carbons (Fsp3) is 0.227. The van der Waals surface area contributed by atoms with Crippen LogP contribution in [-0.2, 0) is 13.0 Å². The summed E-state index contributed by atoms with van der Waals surface area (Å²) in [6.45, 7) is 0.605. The summed E-state index contributed by atoms with van der Waals surface area (Å²) < 4.78 is 0. The lowest BCUT2D eigenvalue weighted by Gasteiger charge is -2.17. The zero-order valence-electron chi connectivity index (χ0n) is 16.1. The zero-order chi connectivity index (χ0) is 20.4. The van der Waals surface area contributed by atoms with Crippen LogP contribution in [0, 0.1) is 0 Å². The van der Waals surface area contributed by atoms with Gasteiger partial charge in [-0.2, -0.15) is 0 Å². The van der Waals surface area contributed by atoms with E-state index >= 15 is 0 Å². The van der Waals surface area contributed by atoms with Gasteiger partial charge in [0.05, 0.1) is 18.0 Å². The first-order valence-corrected chi connectivity index (χ1v) is 9.50. The number of nitrogens with zero attached hydrogens (tertiary/aromatic N) is 2. The number of nitrogen functional groups attached to an aromatic ring is 1. The molecule has 1 aliphatic rings. The Morgan fingerprint density at radius 3 is 2.86 bits per heavy atom. The van der Waals surface area contributed by atoms with Crippen LogP contribution in [-0.4, -0.2) is 34.1 Å². The molecule has 0 radical (unpaired) electrons. The van der Waals surface area contributed by atoms with Gasteiger partial charge in [-0.05, 0) is 29.2 Å². The molecule has 2 unspecified atom stereocenters. The van der Waals surface area contributed by atoms with Crippen molar-refractivity contribution in [3.63, 3.8) is 0 Å². The molecule has 29 heavy (non-hydrogen) atoms. The van der Waals surface area contributed by atoms with Gasteiger partial charge < -0.3 is 21.5 Å². The number of carbonyl (C=O) groups is 1. The van der Waals surface area contributed by atoms with Crippen molar-refractivity contribution in [2.24, 2.45) is 0 Å². The number of rotatable bonds is 5. The molecule has 0 aliphatic heterocycles. The lowest BCUT2D eigenvalue weighted by atomic mass is 10.1. The Bertz CT molecular complexity index is 1050. The number of aliphatic hydroxyl groups excluding tert-OH is 1. The van der Waals surface area contributed by atoms with E-state index in [4.69, 9.17) is 5.73 Å². The van der Waals surface area contributed by atoms with Gasteiger partial charge in [-0.3, -0.25) is 4.79 Å². The molecule has 0 fully saturated rings. The molecule has 0 saturated carbocycles. The van der Waals surface area contributed by atoms with Crippen molar-refractivity contribution in [3.05, 3.63) is 77.1 Å². The molecule has 2 aromatic carbocycles. The lowest BCUT2D eigenvalue weighted by molar-refractivity contribution is 0.0959. The number of carbonyl (C=O) groups excluding carboxylic acids is 1. The van der Waals surface area contributed by atoms with E-state index in [9.17, 15) is 9.90 Å². The van der Waals surface area contributed by atoms with E-state index < -0.39 is 6.10 Å². The molecular weight excluding hydrogens is 366 g/mol. The second-order valence-corrected chi connectivity index (χ2v) is 7.10. The largest absolute Gasteiger partial charge is 0.387 e. The Balaban J connectivity index is 1.50. The number of hydrogen-bond acceptors (Lipinski definition) is 6. The predicted molar refractivity (Wildman–Crippen MR) is 111 cm³/mol. The van der Waals surface area contributed by atoms with Crippen molar-refractivity contribution in [3.8, 4) is 11.3 Å². The van der Waals surface area contributed by atoms with Crippen molar-refractivity contribution >= 4 is 11.7 Å². The molecule has 3 aromatic rings. The molecule has 1 amide bonds. The van der Waals surface area contributed by atoms with Crippen LogP contribution in [0.2, 0.25) is 0 Å². The van der Waals surface area contributed by atoms with E-state index in [2.05, 4.69) is 26.7 Å². The normalized spacial score (nSPS) is 17.7. The number of aromatic nitrogens is 2. The zero-order valence-corrected chi connectivity index (χ0v) is 16.1. The van der Waals surface area contributed by atoms with Crippen LogP contribution in [0.1, 0.15) is 33.3 Å². The quantitative estimate of drug-likeness (QED) is 0.530. The summed E-state index contributed by atoms with van der Waals surface area (Å²) in [5, 5.41) is 16.5. The van der Waals surface area contributed by atoms with Crippen LogP contribution in [0.3, 0.4) is 0 Å². The van der Waals surface area contributed by atoms with Crippen LogP contribution in [0.4, 0.5) is 5.82 Å². The third kappa shape index (κ3) is 3.83. The van der Waals surface area contributed by atoms with E-state index in [-0.39, 0.29) is 23.5 Å². The Morgan fingerprint density at radius 2 is 2.07 bits per heavy atom. The average Bonchev–Trinajstić information content (AvgIpc) is 3.08. The van der Waals surface area contributed by atoms with Crippen LogP contribution in [0.5, 0.6) is 0 Å². The van der Waals surface area contributed by atoms with Crippen molar-refractivity contribution in [1.29, 1.82) is 0 Å². The van der Waals surface area contributed by atoms with Crippen molar-refractivity contribution < 1.29 is 9.90 Å². The number of anilines is 1. The number of amides is 1. The van der Waals surface area contributed by atoms with Gasteiger partial charge in [0, 0.05) is 25.2 Å². The van der Waals surface area contributed by atoms with Crippen LogP contribution >= 0.6 is 0 Å². The number of nitrogens with one attached hydrogen (secondary N) is 2. The number of nitrogens with two attached hydrogens (primary N) is 1. The van der Waals surface area contributed by atoms with E-state index in [1.807, 2.05) is 42.5 Å². The third-order valence-corrected chi connectivity index (χ3v) is 5.23. The van der Waals surface area contributed by atoms with Gasteiger partial charge in [-0.15, -0.1) is 0 Å². The van der Waals surface area contributed by atoms with Gasteiger partial charge in [-0.25, -0.2) is 9.97 Å². The van der Waals surface area contributed by atoms with Crippen LogP contribution in [0.15, 0.2) is 54.7 Å². The van der Waals surface area contributed by atoms with Crippen molar-refractivity contribution in [2.75, 3.05) is 12.8 Å². The van der Waals surface area contributed by atoms with E-state index in [0.29, 0.717) is 12.2 Å². The summed E-state index contributed by atoms with van der Waals surface area (Å²) in [5.41, 5.74) is 10.5. The fourth-order valence-corrected chi connectivity index (χ4v) is 3.67. The first-order chi connectivity index (χ1) is 14.1. The molecule has 5 N–H and O–H groups in total. The molecule has 4 rings (SSSR count). The third-order valence-electron chi connectivity index (χ3n) is 5.23. The van der Waals surface area contributed by atoms with E-state index in [1.54, 1.807) is 6.20 Å². The number of fused-ring (bicyclic) bond motifs is 1. The summed E-state index contributed by atoms with van der Waals surface area (Å²) in [7, 11) is 1.53. The molecule has 148 valence electrons. The average molecular weight is 389 g/mol. The van der Waals surface area contributed by atoms with Gasteiger partial charge in [0.2, 0.25) is 0 Å². The second kappa shape index (κ2) is 7.98. The van der Waals surface area contributed by atoms with Crippen molar-refractivity contribution in [2.45, 2.75) is 25.1 Å². The predicted octanol–water partition coefficient (Wildman–Crippen LogP) is 1.83. The van der Waals surface area contributed by atoms with Gasteiger partial charge in [0.25, 0.3) is 5.91 Å². The minimum Gasteiger partial charge on any atom is -0.387 e. The lowest BCUT2D eigenvalue weighted by Crippen LogP contribution is -2.32. The molecule has 0 spiro atoms. The van der Waals surface area contributed by atoms with Gasteiger partial charge >= 0.3 is 0 Å². The number of aliphatic hydroxyl groups is 1. The SMILES string of the molecule is CNC(=O)c1nc(-c2cccc(CNC3Cc4ccccc4C3O)c2)cnc1N. The molecular formula is C22H23N5O2. The molecule has 1 aromatic heterocycles. The monoisotopic (exact) mass is 389 g/mol. The standard InChI is InChI=1S/C22H23N5O2/c1-24-22(29)19-21(23)26-12-18(27-19)15-7-4-5-13(9-15)11-25-17-10-14-6-2-3-8-16(14)20(17)28/h2-9,12,17,20,25,28H,10-11H2,1H3,(H2,23,26)(H,24,29). The number of benzene rings is 2. The first kappa shape index (κ1) is 19.0. The second-order valence-electron chi connectivity index (χ2n) is 7.10. The van der Waals surface area contributed by atoms with E-state index in [0.717, 1.165) is 23.1 Å². The molecule has 1 aliphatic carbocycles. The maximum Gasteiger partial charge on any atom is 0.273 e. The summed E-state index contributed by atoms with van der Waals surface area (Å²) in [6.07, 6.45) is 1.86. The minimum atomic E-state index is -0.507. The highest BCUT2D eigenvalue weighted by molar-refractivity contribution is 5.96. The molecule has 0 saturated heterocycles. The highest BCUT2D eigenvalue weighted by Gasteiger charge is 2.29. The molecule has 2 atom stereocenters. The first-order valence-electron chi connectivity index (χ1n) is 9.50. The summed E-state index contributed by atoms with van der Waals surface area (Å²) in [6, 6.07) is 15.8. The van der Waals surface area contributed by atoms with Gasteiger partial charge in [0.15, 0.2) is 11.5 Å². The molecule has 1 heterocycles. The van der Waals surface area contributed by atoms with Crippen LogP contribution < -0.4 is 16.4 Å². The fourth-order valence-electron chi connectivity index (χ4n) is 3.67. The van der Waals surface area contributed by atoms with Gasteiger partial charge in [0.1, 0.15) is 0 Å². The van der Waals surface area contributed by atoms with Crippen LogP contribution in [0.25, 0.3) is 11.3 Å². The minimum absolute atomic E-state index is 0.0211. The topological polar surface area (TPSA) is 113 Å². The molecule has 7 nitrogen and oxygen atoms in total. The Kier molecular flexibility index (Phi) is 5.24. The highest BCUT2D eigenvalue weighted by atomic mass is 16.3. The highest BCUT2D eigenvalue weighted by Crippen LogP contribution is 2.31. The van der Waals surface area contributed by atoms with Crippen molar-refractivity contribution in [1.82, 2.24) is 20.6 Å².